The van der Waals surface area contributed by atoms with Crippen molar-refractivity contribution >= 4 is 78.1 Å². The lowest BCUT2D eigenvalue weighted by Crippen LogP contribution is -2.47. The molecule has 3 aromatic heterocycles. The lowest BCUT2D eigenvalue weighted by Gasteiger charge is -2.39. The Labute approximate surface area is 418 Å². The third-order valence-corrected chi connectivity index (χ3v) is 15.5. The number of anilines is 2. The minimum absolute atomic E-state index is 0.0142. The molecule has 0 radical (unpaired) electrons. The fourth-order valence-electron chi connectivity index (χ4n) is 9.92. The first-order valence-corrected chi connectivity index (χ1v) is 25.8. The number of ether oxygens (including phenoxy) is 1. The number of aromatic nitrogens is 4. The molecule has 5 heterocycles. The number of nitro groups is 1. The highest BCUT2D eigenvalue weighted by Gasteiger charge is 2.32. The van der Waals surface area contributed by atoms with Crippen LogP contribution in [0.25, 0.3) is 33.3 Å². The van der Waals surface area contributed by atoms with Crippen LogP contribution in [0.4, 0.5) is 17.1 Å². The van der Waals surface area contributed by atoms with Crippen molar-refractivity contribution in [2.45, 2.75) is 51.0 Å². The maximum absolute atomic E-state index is 14.3. The number of rotatable bonds is 14. The van der Waals surface area contributed by atoms with Crippen LogP contribution in [0.15, 0.2) is 95.7 Å². The van der Waals surface area contributed by atoms with Gasteiger partial charge in [-0.05, 0) is 105 Å². The van der Waals surface area contributed by atoms with Gasteiger partial charge in [0.1, 0.15) is 16.9 Å². The lowest BCUT2D eigenvalue weighted by atomic mass is 9.72. The summed E-state index contributed by atoms with van der Waals surface area (Å²) in [4.78, 5) is 54.5. The van der Waals surface area contributed by atoms with Gasteiger partial charge in [-0.1, -0.05) is 50.1 Å². The van der Waals surface area contributed by atoms with E-state index in [1.54, 1.807) is 32.9 Å². The second-order valence-corrected chi connectivity index (χ2v) is 22.1. The number of benzene rings is 3. The average Bonchev–Trinajstić information content (AvgIpc) is 3.93. The number of nitrogens with one attached hydrogen (secondary N) is 3. The van der Waals surface area contributed by atoms with Crippen molar-refractivity contribution in [2.24, 2.45) is 11.3 Å². The van der Waals surface area contributed by atoms with Crippen molar-refractivity contribution in [2.75, 3.05) is 89.8 Å². The van der Waals surface area contributed by atoms with Crippen LogP contribution in [0.5, 0.6) is 0 Å². The summed E-state index contributed by atoms with van der Waals surface area (Å²) in [5, 5.41) is 21.7. The SMILES string of the molecule is CC1CN(C(=O)CN(C)C)CCO[C@@H]1CNc1ccc(S(=O)(=O)NC(=O)c2ccc(N3CCN(CC4=C(c5ccc(Cl)cc5)CC(C)(C)CC4)CC3)cc2-n2ncc3nc4[nH]ccc4cc32)cc1[N+](=O)[O-]. The minimum Gasteiger partial charge on any atom is -0.377 e. The zero-order chi connectivity index (χ0) is 50.2. The zero-order valence-corrected chi connectivity index (χ0v) is 42.2. The number of hydrogen-bond donors (Lipinski definition) is 3. The molecule has 3 N–H and O–H groups in total. The topological polar surface area (TPSA) is 204 Å². The summed E-state index contributed by atoms with van der Waals surface area (Å²) in [6.07, 6.45) is 6.16. The Morgan fingerprint density at radius 3 is 2.54 bits per heavy atom. The molecule has 18 nitrogen and oxygen atoms in total. The van der Waals surface area contributed by atoms with Crippen molar-refractivity contribution in [3.63, 3.8) is 0 Å². The van der Waals surface area contributed by atoms with Gasteiger partial charge in [0, 0.05) is 86.6 Å². The largest absolute Gasteiger partial charge is 0.377 e. The number of pyridine rings is 1. The summed E-state index contributed by atoms with van der Waals surface area (Å²) in [5.74, 6) is -1.06. The number of amides is 2. The van der Waals surface area contributed by atoms with Gasteiger partial charge < -0.3 is 29.7 Å². The first kappa shape index (κ1) is 49.6. The molecule has 0 bridgehead atoms. The Morgan fingerprint density at radius 2 is 1.79 bits per heavy atom. The molecule has 3 aromatic carbocycles. The number of allylic oxidation sites excluding steroid dienone is 1. The molecule has 9 rings (SSSR count). The third kappa shape index (κ3) is 11.1. The molecule has 1 aliphatic carbocycles. The van der Waals surface area contributed by atoms with Crippen LogP contribution in [0.3, 0.4) is 0 Å². The van der Waals surface area contributed by atoms with Crippen LogP contribution in [-0.4, -0.2) is 145 Å². The molecule has 71 heavy (non-hydrogen) atoms. The zero-order valence-electron chi connectivity index (χ0n) is 40.7. The van der Waals surface area contributed by atoms with Gasteiger partial charge in [-0.15, -0.1) is 0 Å². The van der Waals surface area contributed by atoms with Crippen molar-refractivity contribution in [3.05, 3.63) is 117 Å². The number of carbonyl (C=O) groups excluding carboxylic acids is 2. The van der Waals surface area contributed by atoms with E-state index in [0.717, 1.165) is 61.1 Å². The van der Waals surface area contributed by atoms with Gasteiger partial charge in [0.05, 0.1) is 52.0 Å². The number of aromatic amines is 1. The highest BCUT2D eigenvalue weighted by atomic mass is 35.5. The van der Waals surface area contributed by atoms with Gasteiger partial charge in [0.15, 0.2) is 0 Å². The van der Waals surface area contributed by atoms with Crippen LogP contribution in [0, 0.1) is 21.4 Å². The summed E-state index contributed by atoms with van der Waals surface area (Å²) in [6.45, 7) is 12.1. The predicted molar refractivity (Wildman–Crippen MR) is 276 cm³/mol. The van der Waals surface area contributed by atoms with E-state index in [9.17, 15) is 28.1 Å². The van der Waals surface area contributed by atoms with Gasteiger partial charge in [0.25, 0.3) is 21.6 Å². The Hall–Kier alpha value is -6.38. The minimum atomic E-state index is -4.65. The van der Waals surface area contributed by atoms with E-state index >= 15 is 0 Å². The number of nitrogens with zero attached hydrogens (tertiary/aromatic N) is 8. The van der Waals surface area contributed by atoms with E-state index in [1.807, 2.05) is 57.4 Å². The van der Waals surface area contributed by atoms with Gasteiger partial charge in [-0.3, -0.25) is 24.6 Å². The van der Waals surface area contributed by atoms with Gasteiger partial charge in [-0.25, -0.2) is 22.8 Å². The van der Waals surface area contributed by atoms with Gasteiger partial charge in [-0.2, -0.15) is 5.10 Å². The molecule has 2 aliphatic heterocycles. The molecule has 2 saturated heterocycles. The van der Waals surface area contributed by atoms with Crippen molar-refractivity contribution in [1.82, 2.24) is 39.2 Å². The third-order valence-electron chi connectivity index (χ3n) is 13.9. The number of hydrogen-bond acceptors (Lipinski definition) is 13. The Bertz CT molecular complexity index is 3130. The first-order chi connectivity index (χ1) is 33.9. The second kappa shape index (κ2) is 20.4. The van der Waals surface area contributed by atoms with Crippen molar-refractivity contribution in [3.8, 4) is 5.69 Å². The van der Waals surface area contributed by atoms with Crippen molar-refractivity contribution < 1.29 is 27.7 Å². The monoisotopic (exact) mass is 1010 g/mol. The molecule has 20 heteroatoms. The molecule has 6 aromatic rings. The second-order valence-electron chi connectivity index (χ2n) is 20.0. The van der Waals surface area contributed by atoms with E-state index in [0.29, 0.717) is 55.2 Å². The van der Waals surface area contributed by atoms with Crippen LogP contribution >= 0.6 is 11.6 Å². The summed E-state index contributed by atoms with van der Waals surface area (Å²) in [6, 6.07) is 20.7. The summed E-state index contributed by atoms with van der Waals surface area (Å²) in [5.41, 5.74) is 6.90. The standard InChI is InChI=1S/C51H60ClN11O7S/c1-33-30-61(48(64)32-58(4)5)22-23-70-47(33)29-54-42-13-11-39(26-46(42)63(66)67)71(68,69)57-50(65)40-12-10-38(25-44(40)62-45-24-35-15-17-53-49(35)56-43(45)28-55-62)60-20-18-59(19-21-60)31-36-14-16-51(2,3)27-41(36)34-6-8-37(52)9-7-34/h6-13,15,17,24-26,28,33,47,54H,14,16,18-23,27,29-32H2,1-5H3,(H,53,56)(H,57,65)/t33?,47-/m1/s1. The summed E-state index contributed by atoms with van der Waals surface area (Å²) < 4.78 is 37.9. The van der Waals surface area contributed by atoms with E-state index in [-0.39, 0.29) is 47.7 Å². The predicted octanol–water partition coefficient (Wildman–Crippen LogP) is 7.21. The molecular weight excluding hydrogens is 946 g/mol. The number of H-pyrrole nitrogens is 1. The Balaban J connectivity index is 0.940. The maximum Gasteiger partial charge on any atom is 0.293 e. The number of carbonyl (C=O) groups is 2. The van der Waals surface area contributed by atoms with Gasteiger partial charge >= 0.3 is 0 Å². The highest BCUT2D eigenvalue weighted by Crippen LogP contribution is 2.43. The van der Waals surface area contributed by atoms with Crippen LogP contribution in [-0.2, 0) is 19.6 Å². The van der Waals surface area contributed by atoms with Crippen LogP contribution in [0.2, 0.25) is 5.02 Å². The smallest absolute Gasteiger partial charge is 0.293 e. The molecule has 2 amide bonds. The quantitative estimate of drug-likeness (QED) is 0.0731. The summed E-state index contributed by atoms with van der Waals surface area (Å²) in [7, 11) is -0.993. The van der Waals surface area contributed by atoms with E-state index in [1.165, 1.54) is 28.8 Å². The Kier molecular flexibility index (Phi) is 14.2. The molecule has 3 aliphatic rings. The normalized spacial score (nSPS) is 19.1. The first-order valence-electron chi connectivity index (χ1n) is 24.0. The fourth-order valence-corrected chi connectivity index (χ4v) is 11.0. The number of sulfonamides is 1. The average molecular weight is 1010 g/mol. The number of piperazine rings is 1. The number of nitro benzene ring substituents is 1. The number of likely N-dealkylation sites (N-methyl/N-ethyl adjacent to an activating group) is 1. The molecule has 2 atom stereocenters. The lowest BCUT2D eigenvalue weighted by molar-refractivity contribution is -0.384. The van der Waals surface area contributed by atoms with Crippen LogP contribution in [0.1, 0.15) is 56.0 Å². The van der Waals surface area contributed by atoms with Gasteiger partial charge in [0.2, 0.25) is 5.91 Å². The molecule has 2 fully saturated rings. The van der Waals surface area contributed by atoms with Crippen LogP contribution < -0.4 is 14.9 Å². The number of fused-ring (bicyclic) bond motifs is 2. The molecule has 1 unspecified atom stereocenters. The van der Waals surface area contributed by atoms with E-state index < -0.39 is 31.4 Å². The number of halogens is 1. The van der Waals surface area contributed by atoms with Crippen molar-refractivity contribution in [1.29, 1.82) is 0 Å². The molecule has 0 spiro atoms. The summed E-state index contributed by atoms with van der Waals surface area (Å²) >= 11 is 6.27. The van der Waals surface area contributed by atoms with E-state index in [4.69, 9.17) is 21.3 Å². The fraction of sp³-hybridized carbons (Fsp3) is 0.412. The Morgan fingerprint density at radius 1 is 1.01 bits per heavy atom. The molecule has 0 saturated carbocycles. The molecule has 374 valence electrons. The van der Waals surface area contributed by atoms with E-state index in [2.05, 4.69) is 55.9 Å². The highest BCUT2D eigenvalue weighted by molar-refractivity contribution is 7.90. The maximum atomic E-state index is 14.3. The molecular formula is C51H60ClN11O7S.